The molecule has 12 heavy (non-hydrogen) atoms. The highest BCUT2D eigenvalue weighted by Crippen LogP contribution is 1.80. The van der Waals surface area contributed by atoms with E-state index in [0.717, 1.165) is 19.0 Å². The summed E-state index contributed by atoms with van der Waals surface area (Å²) in [5.74, 6) is 0.927. The molecule has 0 amide bonds. The minimum atomic E-state index is 0.927. The van der Waals surface area contributed by atoms with Crippen LogP contribution in [0.3, 0.4) is 0 Å². The van der Waals surface area contributed by atoms with E-state index in [1.807, 2.05) is 27.7 Å². The van der Waals surface area contributed by atoms with E-state index in [9.17, 15) is 0 Å². The van der Waals surface area contributed by atoms with Crippen LogP contribution in [0.2, 0.25) is 0 Å². The first kappa shape index (κ1) is 13.8. The fraction of sp³-hybridized carbons (Fsp3) is 0.889. The fourth-order valence-corrected chi connectivity index (χ4v) is 0.723. The Kier molecular flexibility index (Phi) is 14.9. The number of hydrogen-bond acceptors (Lipinski definition) is 1. The van der Waals surface area contributed by atoms with Crippen molar-refractivity contribution < 1.29 is 0 Å². The molecule has 3 heteroatoms. The molecule has 1 fully saturated rings. The van der Waals surface area contributed by atoms with E-state index in [2.05, 4.69) is 15.6 Å². The minimum absolute atomic E-state index is 0.927. The second-order valence-electron chi connectivity index (χ2n) is 1.78. The van der Waals surface area contributed by atoms with Gasteiger partial charge in [-0.3, -0.25) is 4.99 Å². The van der Waals surface area contributed by atoms with Crippen LogP contribution in [-0.4, -0.2) is 26.1 Å². The smallest absolute Gasteiger partial charge is 0.190 e. The lowest BCUT2D eigenvalue weighted by atomic mass is 10.4. The molecule has 0 bridgehead atoms. The average molecular weight is 173 g/mol. The van der Waals surface area contributed by atoms with Crippen molar-refractivity contribution in [1.29, 1.82) is 0 Å². The van der Waals surface area contributed by atoms with Crippen molar-refractivity contribution in [3.63, 3.8) is 0 Å². The number of aliphatic imine (C=N–C) groups is 1. The first-order valence-electron chi connectivity index (χ1n) is 4.88. The van der Waals surface area contributed by atoms with Gasteiger partial charge in [-0.25, -0.2) is 0 Å². The van der Waals surface area contributed by atoms with E-state index in [1.165, 1.54) is 6.42 Å². The van der Waals surface area contributed by atoms with Crippen molar-refractivity contribution in [2.45, 2.75) is 34.1 Å². The molecule has 0 aromatic rings. The van der Waals surface area contributed by atoms with Crippen molar-refractivity contribution in [2.24, 2.45) is 4.99 Å². The predicted octanol–water partition coefficient (Wildman–Crippen LogP) is 1.61. The Morgan fingerprint density at radius 1 is 1.00 bits per heavy atom. The molecule has 0 atom stereocenters. The van der Waals surface area contributed by atoms with Gasteiger partial charge in [0.15, 0.2) is 5.96 Å². The largest absolute Gasteiger partial charge is 0.356 e. The number of rotatable bonds is 0. The Morgan fingerprint density at radius 3 is 1.67 bits per heavy atom. The second-order valence-corrected chi connectivity index (χ2v) is 1.78. The van der Waals surface area contributed by atoms with Gasteiger partial charge in [0.05, 0.1) is 0 Å². The Labute approximate surface area is 76.7 Å². The van der Waals surface area contributed by atoms with Gasteiger partial charge in [-0.05, 0) is 6.42 Å². The molecular weight excluding hydrogens is 150 g/mol. The van der Waals surface area contributed by atoms with Crippen LogP contribution in [0, 0.1) is 0 Å². The van der Waals surface area contributed by atoms with Crippen LogP contribution in [0.1, 0.15) is 34.1 Å². The third kappa shape index (κ3) is 7.38. The van der Waals surface area contributed by atoms with Crippen molar-refractivity contribution in [3.8, 4) is 0 Å². The Bertz CT molecular complexity index is 91.9. The van der Waals surface area contributed by atoms with Gasteiger partial charge in [0, 0.05) is 20.1 Å². The highest BCUT2D eigenvalue weighted by molar-refractivity contribution is 5.80. The van der Waals surface area contributed by atoms with Crippen LogP contribution < -0.4 is 10.6 Å². The van der Waals surface area contributed by atoms with Gasteiger partial charge in [-0.15, -0.1) is 0 Å². The molecule has 0 aliphatic carbocycles. The monoisotopic (exact) mass is 173 g/mol. The van der Waals surface area contributed by atoms with Gasteiger partial charge in [0.25, 0.3) is 0 Å². The summed E-state index contributed by atoms with van der Waals surface area (Å²) in [5.41, 5.74) is 0. The molecular formula is C9H23N3. The Hall–Kier alpha value is -0.730. The van der Waals surface area contributed by atoms with E-state index >= 15 is 0 Å². The van der Waals surface area contributed by atoms with Crippen molar-refractivity contribution in [3.05, 3.63) is 0 Å². The zero-order chi connectivity index (χ0) is 9.82. The topological polar surface area (TPSA) is 36.4 Å². The number of hydrogen-bond donors (Lipinski definition) is 2. The molecule has 1 saturated heterocycles. The molecule has 0 aromatic heterocycles. The van der Waals surface area contributed by atoms with E-state index in [1.54, 1.807) is 7.05 Å². The number of guanidine groups is 1. The van der Waals surface area contributed by atoms with Crippen LogP contribution in [0.4, 0.5) is 0 Å². The van der Waals surface area contributed by atoms with E-state index < -0.39 is 0 Å². The maximum absolute atomic E-state index is 3.94. The lowest BCUT2D eigenvalue weighted by Gasteiger charge is -2.16. The zero-order valence-electron chi connectivity index (χ0n) is 9.07. The number of nitrogens with zero attached hydrogens (tertiary/aromatic N) is 1. The SMILES string of the molecule is CC.CC.CN=C1NCCCN1. The summed E-state index contributed by atoms with van der Waals surface area (Å²) in [6.07, 6.45) is 1.19. The molecule has 0 spiro atoms. The molecule has 1 aliphatic heterocycles. The van der Waals surface area contributed by atoms with Crippen LogP contribution in [0.25, 0.3) is 0 Å². The van der Waals surface area contributed by atoms with Gasteiger partial charge < -0.3 is 10.6 Å². The van der Waals surface area contributed by atoms with Crippen LogP contribution in [-0.2, 0) is 0 Å². The minimum Gasteiger partial charge on any atom is -0.356 e. The summed E-state index contributed by atoms with van der Waals surface area (Å²) >= 11 is 0. The number of nitrogens with one attached hydrogen (secondary N) is 2. The summed E-state index contributed by atoms with van der Waals surface area (Å²) < 4.78 is 0. The van der Waals surface area contributed by atoms with Gasteiger partial charge in [0.1, 0.15) is 0 Å². The summed E-state index contributed by atoms with van der Waals surface area (Å²) in [6, 6.07) is 0. The molecule has 0 radical (unpaired) electrons. The average Bonchev–Trinajstić information content (AvgIpc) is 2.25. The Morgan fingerprint density at radius 2 is 1.42 bits per heavy atom. The van der Waals surface area contributed by atoms with Gasteiger partial charge in [-0.1, -0.05) is 27.7 Å². The predicted molar refractivity (Wildman–Crippen MR) is 56.7 cm³/mol. The normalized spacial score (nSPS) is 13.6. The Balaban J connectivity index is 0. The van der Waals surface area contributed by atoms with Crippen molar-refractivity contribution in [1.82, 2.24) is 10.6 Å². The molecule has 1 aliphatic rings. The quantitative estimate of drug-likeness (QED) is 0.584. The van der Waals surface area contributed by atoms with E-state index in [4.69, 9.17) is 0 Å². The second kappa shape index (κ2) is 12.9. The molecule has 3 nitrogen and oxygen atoms in total. The highest BCUT2D eigenvalue weighted by atomic mass is 15.2. The maximum atomic E-state index is 3.94. The first-order chi connectivity index (χ1) is 5.93. The maximum Gasteiger partial charge on any atom is 0.190 e. The molecule has 0 aromatic carbocycles. The molecule has 1 rings (SSSR count). The summed E-state index contributed by atoms with van der Waals surface area (Å²) in [5, 5.41) is 6.22. The van der Waals surface area contributed by atoms with Crippen LogP contribution in [0.15, 0.2) is 4.99 Å². The summed E-state index contributed by atoms with van der Waals surface area (Å²) in [4.78, 5) is 3.94. The standard InChI is InChI=1S/C5H11N3.2C2H6/c1-6-5-7-3-2-4-8-5;2*1-2/h2-4H2,1H3,(H2,6,7,8);2*1-2H3. The molecule has 74 valence electrons. The fourth-order valence-electron chi connectivity index (χ4n) is 0.723. The molecule has 1 heterocycles. The van der Waals surface area contributed by atoms with Gasteiger partial charge in [0.2, 0.25) is 0 Å². The van der Waals surface area contributed by atoms with E-state index in [0.29, 0.717) is 0 Å². The lowest BCUT2D eigenvalue weighted by molar-refractivity contribution is 0.667. The molecule has 0 unspecified atom stereocenters. The van der Waals surface area contributed by atoms with Gasteiger partial charge in [-0.2, -0.15) is 0 Å². The highest BCUT2D eigenvalue weighted by Gasteiger charge is 1.99. The zero-order valence-corrected chi connectivity index (χ0v) is 9.07. The van der Waals surface area contributed by atoms with Crippen molar-refractivity contribution in [2.75, 3.05) is 20.1 Å². The van der Waals surface area contributed by atoms with Gasteiger partial charge >= 0.3 is 0 Å². The van der Waals surface area contributed by atoms with Crippen LogP contribution >= 0.6 is 0 Å². The third-order valence-corrected chi connectivity index (χ3v) is 1.16. The third-order valence-electron chi connectivity index (χ3n) is 1.16. The van der Waals surface area contributed by atoms with Crippen molar-refractivity contribution >= 4 is 5.96 Å². The summed E-state index contributed by atoms with van der Waals surface area (Å²) in [7, 11) is 1.78. The first-order valence-corrected chi connectivity index (χ1v) is 4.88. The lowest BCUT2D eigenvalue weighted by Crippen LogP contribution is -2.43. The van der Waals surface area contributed by atoms with Crippen LogP contribution in [0.5, 0.6) is 0 Å². The summed E-state index contributed by atoms with van der Waals surface area (Å²) in [6.45, 7) is 10.1. The van der Waals surface area contributed by atoms with E-state index in [-0.39, 0.29) is 0 Å². The molecule has 2 N–H and O–H groups in total. The molecule has 0 saturated carbocycles.